The van der Waals surface area contributed by atoms with Crippen LogP contribution in [0.15, 0.2) is 48.5 Å². The van der Waals surface area contributed by atoms with Crippen LogP contribution in [0.1, 0.15) is 58.2 Å². The van der Waals surface area contributed by atoms with Gasteiger partial charge in [-0.3, -0.25) is 0 Å². The van der Waals surface area contributed by atoms with Gasteiger partial charge in [-0.2, -0.15) is 0 Å². The summed E-state index contributed by atoms with van der Waals surface area (Å²) in [5.74, 6) is 0. The summed E-state index contributed by atoms with van der Waals surface area (Å²) in [4.78, 5) is 24.0. The van der Waals surface area contributed by atoms with Crippen molar-refractivity contribution in [2.75, 3.05) is 11.9 Å². The molecule has 0 saturated carbocycles. The van der Waals surface area contributed by atoms with Gasteiger partial charge in [0.1, 0.15) is 5.60 Å². The molecule has 0 unspecified atom stereocenters. The smallest absolute Gasteiger partial charge is 0.407 e. The van der Waals surface area contributed by atoms with E-state index in [2.05, 4.69) is 48.9 Å². The number of ether oxygens (including phenoxy) is 1. The fraction of sp³-hybridized carbons (Fsp3) is 0.440. The number of rotatable bonds is 6. The zero-order chi connectivity index (χ0) is 23.1. The molecule has 0 aromatic heterocycles. The van der Waals surface area contributed by atoms with E-state index >= 15 is 0 Å². The molecule has 0 bridgehead atoms. The minimum Gasteiger partial charge on any atom is -0.444 e. The first-order chi connectivity index (χ1) is 14.4. The molecule has 0 radical (unpaired) electrons. The maximum absolute atomic E-state index is 12.3. The average Bonchev–Trinajstić information content (AvgIpc) is 2.65. The van der Waals surface area contributed by atoms with Gasteiger partial charge in [0.2, 0.25) is 0 Å². The van der Waals surface area contributed by atoms with E-state index in [4.69, 9.17) is 4.74 Å². The van der Waals surface area contributed by atoms with Crippen molar-refractivity contribution in [3.8, 4) is 0 Å². The molecule has 0 fully saturated rings. The fourth-order valence-corrected chi connectivity index (χ4v) is 2.91. The molecule has 2 aromatic carbocycles. The van der Waals surface area contributed by atoms with Gasteiger partial charge in [0.15, 0.2) is 0 Å². The van der Waals surface area contributed by atoms with Crippen LogP contribution >= 0.6 is 0 Å². The zero-order valence-electron chi connectivity index (χ0n) is 19.5. The number of anilines is 1. The molecule has 2 aromatic rings. The predicted octanol–water partition coefficient (Wildman–Crippen LogP) is 5.37. The molecule has 2 rings (SSSR count). The number of carbonyl (C=O) groups excluding carboxylic acids is 2. The SMILES string of the molecule is CC(C)(C)OC(=O)NCCc1cccc(NC(=O)NCc2ccc(C(C)(C)C)cc2)c1. The monoisotopic (exact) mass is 425 g/mol. The standard InChI is InChI=1S/C25H35N3O3/c1-24(2,3)20-12-10-19(11-13-20)17-27-22(29)28-21-9-7-8-18(16-21)14-15-26-23(30)31-25(4,5)6/h7-13,16H,14-15,17H2,1-6H3,(H,26,30)(H2,27,28,29). The molecule has 0 atom stereocenters. The van der Waals surface area contributed by atoms with Gasteiger partial charge < -0.3 is 20.7 Å². The van der Waals surface area contributed by atoms with Crippen LogP contribution in [0.2, 0.25) is 0 Å². The van der Waals surface area contributed by atoms with Gasteiger partial charge in [-0.1, -0.05) is 57.2 Å². The number of carbonyl (C=O) groups is 2. The molecule has 0 saturated heterocycles. The Hall–Kier alpha value is -3.02. The van der Waals surface area contributed by atoms with E-state index in [1.807, 2.05) is 57.2 Å². The number of alkyl carbamates (subject to hydrolysis) is 1. The van der Waals surface area contributed by atoms with Gasteiger partial charge in [0, 0.05) is 18.8 Å². The third kappa shape index (κ3) is 9.11. The fourth-order valence-electron chi connectivity index (χ4n) is 2.91. The number of hydrogen-bond donors (Lipinski definition) is 3. The van der Waals surface area contributed by atoms with Crippen LogP contribution in [-0.4, -0.2) is 24.3 Å². The molecular formula is C25H35N3O3. The van der Waals surface area contributed by atoms with Crippen molar-refractivity contribution >= 4 is 17.8 Å². The van der Waals surface area contributed by atoms with Crippen LogP contribution in [0.3, 0.4) is 0 Å². The van der Waals surface area contributed by atoms with Crippen molar-refractivity contribution in [2.45, 2.75) is 65.5 Å². The van der Waals surface area contributed by atoms with Gasteiger partial charge in [-0.15, -0.1) is 0 Å². The normalized spacial score (nSPS) is 11.5. The Morgan fingerprint density at radius 1 is 0.871 bits per heavy atom. The lowest BCUT2D eigenvalue weighted by Gasteiger charge is -2.19. The highest BCUT2D eigenvalue weighted by atomic mass is 16.6. The van der Waals surface area contributed by atoms with Crippen molar-refractivity contribution < 1.29 is 14.3 Å². The van der Waals surface area contributed by atoms with E-state index in [9.17, 15) is 9.59 Å². The molecular weight excluding hydrogens is 390 g/mol. The van der Waals surface area contributed by atoms with Crippen molar-refractivity contribution in [2.24, 2.45) is 0 Å². The highest BCUT2D eigenvalue weighted by molar-refractivity contribution is 5.89. The van der Waals surface area contributed by atoms with Crippen LogP contribution < -0.4 is 16.0 Å². The summed E-state index contributed by atoms with van der Waals surface area (Å²) in [5.41, 5.74) is 3.61. The number of amides is 3. The summed E-state index contributed by atoms with van der Waals surface area (Å²) in [6.07, 6.45) is 0.202. The second-order valence-electron chi connectivity index (χ2n) is 9.63. The largest absolute Gasteiger partial charge is 0.444 e. The molecule has 0 aliphatic carbocycles. The lowest BCUT2D eigenvalue weighted by atomic mass is 9.87. The van der Waals surface area contributed by atoms with E-state index in [0.29, 0.717) is 25.2 Å². The third-order valence-electron chi connectivity index (χ3n) is 4.54. The van der Waals surface area contributed by atoms with Crippen LogP contribution in [0.5, 0.6) is 0 Å². The van der Waals surface area contributed by atoms with Gasteiger partial charge in [0.25, 0.3) is 0 Å². The van der Waals surface area contributed by atoms with E-state index in [1.165, 1.54) is 5.56 Å². The Balaban J connectivity index is 1.80. The quantitative estimate of drug-likeness (QED) is 0.582. The minimum atomic E-state index is -0.518. The molecule has 0 aliphatic rings. The molecule has 6 nitrogen and oxygen atoms in total. The van der Waals surface area contributed by atoms with E-state index in [-0.39, 0.29) is 11.4 Å². The summed E-state index contributed by atoms with van der Waals surface area (Å²) >= 11 is 0. The molecule has 0 spiro atoms. The Labute approximate surface area is 185 Å². The molecule has 31 heavy (non-hydrogen) atoms. The average molecular weight is 426 g/mol. The van der Waals surface area contributed by atoms with E-state index in [0.717, 1.165) is 11.1 Å². The molecule has 3 amide bonds. The Bertz CT molecular complexity index is 878. The summed E-state index contributed by atoms with van der Waals surface area (Å²) in [6, 6.07) is 15.6. The second kappa shape index (κ2) is 10.3. The van der Waals surface area contributed by atoms with Crippen molar-refractivity contribution in [3.63, 3.8) is 0 Å². The molecule has 0 heterocycles. The minimum absolute atomic E-state index is 0.108. The highest BCUT2D eigenvalue weighted by Crippen LogP contribution is 2.22. The second-order valence-corrected chi connectivity index (χ2v) is 9.63. The van der Waals surface area contributed by atoms with E-state index in [1.54, 1.807) is 0 Å². The van der Waals surface area contributed by atoms with Crippen molar-refractivity contribution in [3.05, 3.63) is 65.2 Å². The van der Waals surface area contributed by atoms with Gasteiger partial charge in [0.05, 0.1) is 0 Å². The van der Waals surface area contributed by atoms with E-state index < -0.39 is 11.7 Å². The Morgan fingerprint density at radius 3 is 2.16 bits per heavy atom. The number of benzene rings is 2. The zero-order valence-corrected chi connectivity index (χ0v) is 19.5. The summed E-state index contributed by atoms with van der Waals surface area (Å²) in [6.45, 7) is 12.9. The van der Waals surface area contributed by atoms with Gasteiger partial charge in [-0.05, 0) is 61.4 Å². The lowest BCUT2D eigenvalue weighted by molar-refractivity contribution is 0.0528. The molecule has 3 N–H and O–H groups in total. The Kier molecular flexibility index (Phi) is 8.08. The summed E-state index contributed by atoms with van der Waals surface area (Å²) < 4.78 is 5.22. The first kappa shape index (κ1) is 24.3. The lowest BCUT2D eigenvalue weighted by Crippen LogP contribution is -2.33. The molecule has 6 heteroatoms. The van der Waals surface area contributed by atoms with Gasteiger partial charge in [-0.25, -0.2) is 9.59 Å². The predicted molar refractivity (Wildman–Crippen MR) is 125 cm³/mol. The highest BCUT2D eigenvalue weighted by Gasteiger charge is 2.15. The van der Waals surface area contributed by atoms with Crippen molar-refractivity contribution in [1.29, 1.82) is 0 Å². The van der Waals surface area contributed by atoms with Crippen LogP contribution in [0.4, 0.5) is 15.3 Å². The summed E-state index contributed by atoms with van der Waals surface area (Å²) in [7, 11) is 0. The first-order valence-corrected chi connectivity index (χ1v) is 10.6. The number of hydrogen-bond acceptors (Lipinski definition) is 3. The Morgan fingerprint density at radius 2 is 1.55 bits per heavy atom. The first-order valence-electron chi connectivity index (χ1n) is 10.6. The van der Waals surface area contributed by atoms with Crippen molar-refractivity contribution in [1.82, 2.24) is 10.6 Å². The molecule has 0 aliphatic heterocycles. The topological polar surface area (TPSA) is 79.5 Å². The maximum Gasteiger partial charge on any atom is 0.407 e. The maximum atomic E-state index is 12.3. The number of urea groups is 1. The van der Waals surface area contributed by atoms with Crippen LogP contribution in [0.25, 0.3) is 0 Å². The van der Waals surface area contributed by atoms with Crippen LogP contribution in [0, 0.1) is 0 Å². The van der Waals surface area contributed by atoms with Crippen LogP contribution in [-0.2, 0) is 23.1 Å². The summed E-state index contributed by atoms with van der Waals surface area (Å²) in [5, 5.41) is 8.48. The number of nitrogens with one attached hydrogen (secondary N) is 3. The van der Waals surface area contributed by atoms with Gasteiger partial charge >= 0.3 is 12.1 Å². The third-order valence-corrected chi connectivity index (χ3v) is 4.54. The molecule has 168 valence electrons.